The minimum Gasteiger partial charge on any atom is -0.495 e. The molecule has 0 amide bonds. The minimum atomic E-state index is -3.58. The molecule has 3 rings (SSSR count). The van der Waals surface area contributed by atoms with Crippen LogP contribution in [0.2, 0.25) is 10.0 Å². The van der Waals surface area contributed by atoms with Gasteiger partial charge >= 0.3 is 0 Å². The molecule has 2 aromatic carbocycles. The zero-order valence-corrected chi connectivity index (χ0v) is 16.0. The summed E-state index contributed by atoms with van der Waals surface area (Å²) in [6, 6.07) is 12.1. The summed E-state index contributed by atoms with van der Waals surface area (Å²) in [5.74, 6) is 0.348. The van der Waals surface area contributed by atoms with Gasteiger partial charge in [0.05, 0.1) is 17.0 Å². The van der Waals surface area contributed by atoms with Gasteiger partial charge in [0.2, 0.25) is 10.0 Å². The molecule has 1 fully saturated rings. The second kappa shape index (κ2) is 7.41. The van der Waals surface area contributed by atoms with Gasteiger partial charge in [-0.25, -0.2) is 8.42 Å². The standard InChI is InChI=1S/C17H18Cl2N2O3S/c1-24-17-12-15(5-6-16(17)19)25(22,23)21-9-7-20(8-10-21)14-4-2-3-13(18)11-14/h2-6,11-12H,7-10H2,1H3. The molecule has 0 saturated carbocycles. The van der Waals surface area contributed by atoms with Gasteiger partial charge in [0.25, 0.3) is 0 Å². The van der Waals surface area contributed by atoms with Crippen LogP contribution in [0.25, 0.3) is 0 Å². The van der Waals surface area contributed by atoms with Crippen molar-refractivity contribution in [1.29, 1.82) is 0 Å². The zero-order chi connectivity index (χ0) is 18.0. The molecule has 1 aliphatic heterocycles. The smallest absolute Gasteiger partial charge is 0.243 e. The molecule has 134 valence electrons. The highest BCUT2D eigenvalue weighted by Gasteiger charge is 2.29. The third-order valence-corrected chi connectivity index (χ3v) is 6.61. The lowest BCUT2D eigenvalue weighted by Gasteiger charge is -2.35. The molecule has 0 unspecified atom stereocenters. The van der Waals surface area contributed by atoms with E-state index in [1.807, 2.05) is 24.3 Å². The number of sulfonamides is 1. The second-order valence-electron chi connectivity index (χ2n) is 5.67. The monoisotopic (exact) mass is 400 g/mol. The van der Waals surface area contributed by atoms with E-state index in [1.165, 1.54) is 29.6 Å². The van der Waals surface area contributed by atoms with Gasteiger partial charge in [-0.05, 0) is 30.3 Å². The average Bonchev–Trinajstić information content (AvgIpc) is 2.62. The average molecular weight is 401 g/mol. The number of nitrogens with zero attached hydrogens (tertiary/aromatic N) is 2. The molecule has 1 aliphatic rings. The zero-order valence-electron chi connectivity index (χ0n) is 13.7. The molecule has 25 heavy (non-hydrogen) atoms. The van der Waals surface area contributed by atoms with Crippen LogP contribution in [0.15, 0.2) is 47.4 Å². The number of piperazine rings is 1. The first-order valence-corrected chi connectivity index (χ1v) is 9.95. The molecule has 0 spiro atoms. The van der Waals surface area contributed by atoms with Crippen molar-refractivity contribution in [3.05, 3.63) is 52.5 Å². The van der Waals surface area contributed by atoms with Crippen LogP contribution in [-0.4, -0.2) is 46.0 Å². The number of anilines is 1. The molecule has 1 saturated heterocycles. The summed E-state index contributed by atoms with van der Waals surface area (Å²) in [5, 5.41) is 1.05. The number of methoxy groups -OCH3 is 1. The van der Waals surface area contributed by atoms with Crippen molar-refractivity contribution in [2.45, 2.75) is 4.90 Å². The van der Waals surface area contributed by atoms with Crippen molar-refractivity contribution in [3.63, 3.8) is 0 Å². The van der Waals surface area contributed by atoms with Crippen LogP contribution in [0.4, 0.5) is 5.69 Å². The highest BCUT2D eigenvalue weighted by molar-refractivity contribution is 7.89. The van der Waals surface area contributed by atoms with Crippen molar-refractivity contribution in [1.82, 2.24) is 4.31 Å². The van der Waals surface area contributed by atoms with E-state index in [1.54, 1.807) is 0 Å². The van der Waals surface area contributed by atoms with Crippen LogP contribution >= 0.6 is 23.2 Å². The summed E-state index contributed by atoms with van der Waals surface area (Å²) in [5.41, 5.74) is 0.998. The van der Waals surface area contributed by atoms with E-state index in [9.17, 15) is 8.42 Å². The predicted octanol–water partition coefficient (Wildman–Crippen LogP) is 3.51. The Hall–Kier alpha value is -1.47. The summed E-state index contributed by atoms with van der Waals surface area (Å²) in [6.07, 6.45) is 0. The van der Waals surface area contributed by atoms with Crippen LogP contribution in [0.3, 0.4) is 0 Å². The number of rotatable bonds is 4. The fourth-order valence-electron chi connectivity index (χ4n) is 2.81. The molecule has 5 nitrogen and oxygen atoms in total. The Morgan fingerprint density at radius 1 is 1.00 bits per heavy atom. The molecule has 0 aromatic heterocycles. The maximum absolute atomic E-state index is 12.9. The lowest BCUT2D eigenvalue weighted by Crippen LogP contribution is -2.48. The fraction of sp³-hybridized carbons (Fsp3) is 0.294. The number of hydrogen-bond acceptors (Lipinski definition) is 4. The highest BCUT2D eigenvalue weighted by Crippen LogP contribution is 2.29. The fourth-order valence-corrected chi connectivity index (χ4v) is 4.63. The number of halogens is 2. The summed E-state index contributed by atoms with van der Waals surface area (Å²) in [4.78, 5) is 2.31. The Balaban J connectivity index is 1.75. The molecule has 1 heterocycles. The SMILES string of the molecule is COc1cc(S(=O)(=O)N2CCN(c3cccc(Cl)c3)CC2)ccc1Cl. The quantitative estimate of drug-likeness (QED) is 0.787. The van der Waals surface area contributed by atoms with Gasteiger partial charge < -0.3 is 9.64 Å². The van der Waals surface area contributed by atoms with Gasteiger partial charge in [-0.2, -0.15) is 4.31 Å². The van der Waals surface area contributed by atoms with E-state index in [0.29, 0.717) is 42.0 Å². The predicted molar refractivity (Wildman–Crippen MR) is 100 cm³/mol. The molecule has 0 bridgehead atoms. The lowest BCUT2D eigenvalue weighted by molar-refractivity contribution is 0.383. The Morgan fingerprint density at radius 3 is 2.36 bits per heavy atom. The van der Waals surface area contributed by atoms with Crippen molar-refractivity contribution >= 4 is 38.9 Å². The highest BCUT2D eigenvalue weighted by atomic mass is 35.5. The maximum atomic E-state index is 12.9. The molecule has 0 atom stereocenters. The summed E-state index contributed by atoms with van der Waals surface area (Å²) in [7, 11) is -2.12. The Kier molecular flexibility index (Phi) is 5.43. The molecule has 0 N–H and O–H groups in total. The van der Waals surface area contributed by atoms with Gasteiger partial charge in [-0.15, -0.1) is 0 Å². The van der Waals surface area contributed by atoms with Gasteiger partial charge in [-0.3, -0.25) is 0 Å². The molecule has 8 heteroatoms. The Morgan fingerprint density at radius 2 is 1.72 bits per heavy atom. The first kappa shape index (κ1) is 18.3. The largest absolute Gasteiger partial charge is 0.495 e. The minimum absolute atomic E-state index is 0.185. The van der Waals surface area contributed by atoms with E-state index in [4.69, 9.17) is 27.9 Å². The molecular weight excluding hydrogens is 383 g/mol. The van der Waals surface area contributed by atoms with E-state index >= 15 is 0 Å². The normalized spacial score (nSPS) is 16.0. The second-order valence-corrected chi connectivity index (χ2v) is 8.45. The summed E-state index contributed by atoms with van der Waals surface area (Å²) < 4.78 is 32.3. The van der Waals surface area contributed by atoms with E-state index in [0.717, 1.165) is 5.69 Å². The molecular formula is C17H18Cl2N2O3S. The summed E-state index contributed by atoms with van der Waals surface area (Å²) >= 11 is 12.0. The Labute approximate surface area is 157 Å². The van der Waals surface area contributed by atoms with Gasteiger partial charge in [0.15, 0.2) is 0 Å². The third-order valence-electron chi connectivity index (χ3n) is 4.17. The van der Waals surface area contributed by atoms with E-state index in [2.05, 4.69) is 4.90 Å². The van der Waals surface area contributed by atoms with Crippen LogP contribution in [-0.2, 0) is 10.0 Å². The van der Waals surface area contributed by atoms with Gasteiger partial charge in [0.1, 0.15) is 5.75 Å². The molecule has 0 radical (unpaired) electrons. The van der Waals surface area contributed by atoms with Crippen molar-refractivity contribution in [2.24, 2.45) is 0 Å². The van der Waals surface area contributed by atoms with E-state index in [-0.39, 0.29) is 4.90 Å². The molecule has 0 aliphatic carbocycles. The number of ether oxygens (including phenoxy) is 1. The first-order valence-electron chi connectivity index (χ1n) is 7.76. The van der Waals surface area contributed by atoms with Gasteiger partial charge in [-0.1, -0.05) is 29.3 Å². The van der Waals surface area contributed by atoms with E-state index < -0.39 is 10.0 Å². The van der Waals surface area contributed by atoms with Crippen LogP contribution in [0, 0.1) is 0 Å². The number of hydrogen-bond donors (Lipinski definition) is 0. The summed E-state index contributed by atoms with van der Waals surface area (Å²) in [6.45, 7) is 2.01. The van der Waals surface area contributed by atoms with Crippen molar-refractivity contribution in [2.75, 3.05) is 38.2 Å². The topological polar surface area (TPSA) is 49.9 Å². The molecule has 2 aromatic rings. The lowest BCUT2D eigenvalue weighted by atomic mass is 10.2. The first-order chi connectivity index (χ1) is 11.9. The van der Waals surface area contributed by atoms with Crippen molar-refractivity contribution in [3.8, 4) is 5.75 Å². The van der Waals surface area contributed by atoms with Crippen molar-refractivity contribution < 1.29 is 13.2 Å². The third kappa shape index (κ3) is 3.87. The van der Waals surface area contributed by atoms with Crippen LogP contribution in [0.5, 0.6) is 5.75 Å². The Bertz CT molecular complexity index is 866. The van der Waals surface area contributed by atoms with Crippen LogP contribution < -0.4 is 9.64 Å². The maximum Gasteiger partial charge on any atom is 0.243 e. The number of benzene rings is 2. The van der Waals surface area contributed by atoms with Crippen LogP contribution in [0.1, 0.15) is 0 Å². The van der Waals surface area contributed by atoms with Gasteiger partial charge in [0, 0.05) is 43.0 Å².